The van der Waals surface area contributed by atoms with Gasteiger partial charge in [0, 0.05) is 11.1 Å². The third-order valence-corrected chi connectivity index (χ3v) is 2.92. The third-order valence-electron chi connectivity index (χ3n) is 2.70. The summed E-state index contributed by atoms with van der Waals surface area (Å²) in [4.78, 5) is 0. The van der Waals surface area contributed by atoms with Crippen LogP contribution in [0.15, 0.2) is 18.2 Å². The van der Waals surface area contributed by atoms with Gasteiger partial charge in [0.05, 0.1) is 0 Å². The van der Waals surface area contributed by atoms with Crippen molar-refractivity contribution in [3.8, 4) is 0 Å². The van der Waals surface area contributed by atoms with Crippen molar-refractivity contribution in [2.45, 2.75) is 39.7 Å². The number of nitrogens with one attached hydrogen (secondary N) is 1. The molecule has 3 N–H and O–H groups in total. The highest BCUT2D eigenvalue weighted by Crippen LogP contribution is 2.24. The molecule has 1 aromatic carbocycles. The van der Waals surface area contributed by atoms with Crippen LogP contribution in [-0.2, 0) is 0 Å². The van der Waals surface area contributed by atoms with Gasteiger partial charge in [-0.2, -0.15) is 0 Å². The number of rotatable bonds is 5. The number of nitrogens with two attached hydrogens (primary N) is 1. The van der Waals surface area contributed by atoms with E-state index in [9.17, 15) is 0 Å². The number of aryl methyl sites for hydroxylation is 1. The van der Waals surface area contributed by atoms with E-state index in [2.05, 4.69) is 25.3 Å². The average Bonchev–Trinajstić information content (AvgIpc) is 2.16. The molecule has 16 heavy (non-hydrogen) atoms. The second-order valence-electron chi connectivity index (χ2n) is 4.75. The molecular formula is C13H21ClN2. The van der Waals surface area contributed by atoms with E-state index >= 15 is 0 Å². The summed E-state index contributed by atoms with van der Waals surface area (Å²) in [7, 11) is 0. The van der Waals surface area contributed by atoms with Crippen LogP contribution in [0.5, 0.6) is 0 Å². The highest BCUT2D eigenvalue weighted by molar-refractivity contribution is 6.30. The summed E-state index contributed by atoms with van der Waals surface area (Å²) in [5.74, 6) is 6.29. The van der Waals surface area contributed by atoms with Gasteiger partial charge in [0.1, 0.15) is 0 Å². The first-order chi connectivity index (χ1) is 7.52. The second-order valence-corrected chi connectivity index (χ2v) is 5.19. The molecule has 0 aliphatic carbocycles. The van der Waals surface area contributed by atoms with Crippen LogP contribution >= 0.6 is 11.6 Å². The van der Waals surface area contributed by atoms with Crippen LogP contribution in [0.3, 0.4) is 0 Å². The van der Waals surface area contributed by atoms with Crippen molar-refractivity contribution in [3.63, 3.8) is 0 Å². The minimum absolute atomic E-state index is 0.194. The predicted octanol–water partition coefficient (Wildman–Crippen LogP) is 3.59. The van der Waals surface area contributed by atoms with E-state index in [0.717, 1.165) is 17.9 Å². The molecule has 90 valence electrons. The Morgan fingerprint density at radius 3 is 2.44 bits per heavy atom. The lowest BCUT2D eigenvalue weighted by Gasteiger charge is -2.18. The normalized spacial score (nSPS) is 13.1. The Hall–Kier alpha value is -0.570. The van der Waals surface area contributed by atoms with Gasteiger partial charge in [-0.05, 0) is 48.9 Å². The molecule has 0 fully saturated rings. The van der Waals surface area contributed by atoms with Gasteiger partial charge in [-0.25, -0.2) is 0 Å². The van der Waals surface area contributed by atoms with E-state index in [0.29, 0.717) is 5.92 Å². The molecule has 0 amide bonds. The maximum atomic E-state index is 6.05. The van der Waals surface area contributed by atoms with Crippen LogP contribution in [0.1, 0.15) is 43.9 Å². The summed E-state index contributed by atoms with van der Waals surface area (Å²) < 4.78 is 0. The van der Waals surface area contributed by atoms with Gasteiger partial charge in [0.15, 0.2) is 0 Å². The number of hydrazine groups is 1. The lowest BCUT2D eigenvalue weighted by atomic mass is 9.97. The fraction of sp³-hybridized carbons (Fsp3) is 0.538. The van der Waals surface area contributed by atoms with Crippen molar-refractivity contribution in [1.82, 2.24) is 5.43 Å². The van der Waals surface area contributed by atoms with Gasteiger partial charge in [-0.15, -0.1) is 0 Å². The van der Waals surface area contributed by atoms with Crippen molar-refractivity contribution in [2.24, 2.45) is 11.8 Å². The first-order valence-electron chi connectivity index (χ1n) is 5.76. The summed E-state index contributed by atoms with van der Waals surface area (Å²) in [5.41, 5.74) is 5.22. The molecule has 0 heterocycles. The highest BCUT2D eigenvalue weighted by Gasteiger charge is 2.11. The topological polar surface area (TPSA) is 38.0 Å². The number of halogens is 1. The molecular weight excluding hydrogens is 220 g/mol. The minimum Gasteiger partial charge on any atom is -0.271 e. The van der Waals surface area contributed by atoms with Gasteiger partial charge in [-0.3, -0.25) is 11.3 Å². The molecule has 1 rings (SSSR count). The Kier molecular flexibility index (Phi) is 5.26. The number of hydrogen-bond acceptors (Lipinski definition) is 2. The molecule has 2 nitrogen and oxygen atoms in total. The van der Waals surface area contributed by atoms with Gasteiger partial charge < -0.3 is 0 Å². The van der Waals surface area contributed by atoms with E-state index in [1.807, 2.05) is 19.1 Å². The van der Waals surface area contributed by atoms with Crippen LogP contribution in [-0.4, -0.2) is 0 Å². The summed E-state index contributed by atoms with van der Waals surface area (Å²) in [6.07, 6.45) is 2.19. The van der Waals surface area contributed by atoms with Crippen molar-refractivity contribution in [2.75, 3.05) is 0 Å². The average molecular weight is 241 g/mol. The molecule has 1 atom stereocenters. The molecule has 1 aromatic rings. The van der Waals surface area contributed by atoms with Gasteiger partial charge >= 0.3 is 0 Å². The van der Waals surface area contributed by atoms with E-state index in [1.165, 1.54) is 11.1 Å². The maximum Gasteiger partial charge on any atom is 0.0460 e. The zero-order valence-corrected chi connectivity index (χ0v) is 11.0. The van der Waals surface area contributed by atoms with Crippen LogP contribution in [0.25, 0.3) is 0 Å². The third kappa shape index (κ3) is 4.12. The van der Waals surface area contributed by atoms with Crippen molar-refractivity contribution >= 4 is 11.6 Å². The Morgan fingerprint density at radius 1 is 1.25 bits per heavy atom. The lowest BCUT2D eigenvalue weighted by molar-refractivity contribution is 0.448. The molecule has 0 aliphatic heterocycles. The van der Waals surface area contributed by atoms with Gasteiger partial charge in [0.25, 0.3) is 0 Å². The molecule has 0 aromatic heterocycles. The fourth-order valence-corrected chi connectivity index (χ4v) is 2.11. The predicted molar refractivity (Wildman–Crippen MR) is 70.3 cm³/mol. The number of hydrogen-bond donors (Lipinski definition) is 2. The maximum absolute atomic E-state index is 6.05. The van der Waals surface area contributed by atoms with Gasteiger partial charge in [0.2, 0.25) is 0 Å². The number of benzene rings is 1. The SMILES string of the molecule is Cc1cc(Cl)cc(C(CCC(C)C)NN)c1. The van der Waals surface area contributed by atoms with Crippen molar-refractivity contribution in [1.29, 1.82) is 0 Å². The summed E-state index contributed by atoms with van der Waals surface area (Å²) in [6, 6.07) is 6.27. The highest BCUT2D eigenvalue weighted by atomic mass is 35.5. The lowest BCUT2D eigenvalue weighted by Crippen LogP contribution is -2.28. The molecule has 0 saturated heterocycles. The van der Waals surface area contributed by atoms with Crippen LogP contribution in [0.4, 0.5) is 0 Å². The Bertz CT molecular complexity index is 316. The zero-order valence-electron chi connectivity index (χ0n) is 10.3. The fourth-order valence-electron chi connectivity index (χ4n) is 1.81. The monoisotopic (exact) mass is 240 g/mol. The molecule has 0 aliphatic rings. The molecule has 0 spiro atoms. The molecule has 0 saturated carbocycles. The van der Waals surface area contributed by atoms with E-state index < -0.39 is 0 Å². The van der Waals surface area contributed by atoms with Crippen molar-refractivity contribution < 1.29 is 0 Å². The first-order valence-corrected chi connectivity index (χ1v) is 6.14. The Balaban J connectivity index is 2.78. The second kappa shape index (κ2) is 6.24. The van der Waals surface area contributed by atoms with Crippen LogP contribution < -0.4 is 11.3 Å². The van der Waals surface area contributed by atoms with Crippen molar-refractivity contribution in [3.05, 3.63) is 34.3 Å². The Labute approximate surface area is 103 Å². The summed E-state index contributed by atoms with van der Waals surface area (Å²) in [5, 5.41) is 0.778. The smallest absolute Gasteiger partial charge is 0.0460 e. The summed E-state index contributed by atoms with van der Waals surface area (Å²) in [6.45, 7) is 6.49. The van der Waals surface area contributed by atoms with Gasteiger partial charge in [-0.1, -0.05) is 31.5 Å². The molecule has 1 unspecified atom stereocenters. The van der Waals surface area contributed by atoms with E-state index in [1.54, 1.807) is 0 Å². The largest absolute Gasteiger partial charge is 0.271 e. The summed E-state index contributed by atoms with van der Waals surface area (Å²) >= 11 is 6.05. The molecule has 0 radical (unpaired) electrons. The standard InChI is InChI=1S/C13H21ClN2/c1-9(2)4-5-13(16-15)11-6-10(3)7-12(14)8-11/h6-9,13,16H,4-5,15H2,1-3H3. The molecule has 0 bridgehead atoms. The molecule has 3 heteroatoms. The van der Waals surface area contributed by atoms with E-state index in [-0.39, 0.29) is 6.04 Å². The quantitative estimate of drug-likeness (QED) is 0.610. The Morgan fingerprint density at radius 2 is 1.94 bits per heavy atom. The van der Waals surface area contributed by atoms with Crippen LogP contribution in [0, 0.1) is 12.8 Å². The van der Waals surface area contributed by atoms with Crippen LogP contribution in [0.2, 0.25) is 5.02 Å². The first kappa shape index (κ1) is 13.5. The minimum atomic E-state index is 0.194. The zero-order chi connectivity index (χ0) is 12.1. The van der Waals surface area contributed by atoms with E-state index in [4.69, 9.17) is 17.4 Å².